The minimum atomic E-state index is -1.16. The number of benzene rings is 1. The SMILES string of the molecule is Cc1cccc(C(=O)N(C)c2cc3cn(C4CCC(C=O)CC4)nc3cc2C(C)(C)O)n1. The van der Waals surface area contributed by atoms with Crippen LogP contribution in [0.2, 0.25) is 0 Å². The van der Waals surface area contributed by atoms with Crippen LogP contribution >= 0.6 is 0 Å². The van der Waals surface area contributed by atoms with E-state index in [1.165, 1.54) is 0 Å². The largest absolute Gasteiger partial charge is 0.386 e. The van der Waals surface area contributed by atoms with Crippen molar-refractivity contribution in [3.63, 3.8) is 0 Å². The van der Waals surface area contributed by atoms with Gasteiger partial charge in [-0.15, -0.1) is 0 Å². The molecule has 1 aliphatic rings. The average Bonchev–Trinajstić information content (AvgIpc) is 3.20. The van der Waals surface area contributed by atoms with Crippen molar-refractivity contribution in [3.05, 3.63) is 53.5 Å². The number of pyridine rings is 1. The van der Waals surface area contributed by atoms with Crippen molar-refractivity contribution >= 4 is 28.8 Å². The molecule has 1 aromatic carbocycles. The molecule has 7 nitrogen and oxygen atoms in total. The lowest BCUT2D eigenvalue weighted by Gasteiger charge is -2.27. The van der Waals surface area contributed by atoms with Crippen LogP contribution in [0.5, 0.6) is 0 Å². The monoisotopic (exact) mass is 434 g/mol. The molecule has 2 heterocycles. The molecule has 1 fully saturated rings. The molecule has 1 saturated carbocycles. The molecule has 4 rings (SSSR count). The standard InChI is InChI=1S/C25H30N4O3/c1-16-6-5-7-21(26-16)24(31)28(4)23-12-18-14-29(19-10-8-17(15-30)9-11-19)27-22(18)13-20(23)25(2,3)32/h5-7,12-15,17,19,32H,8-11H2,1-4H3. The zero-order valence-electron chi connectivity index (χ0n) is 19.1. The molecule has 0 spiro atoms. The number of aliphatic hydroxyl groups is 1. The second kappa shape index (κ2) is 8.47. The smallest absolute Gasteiger partial charge is 0.276 e. The van der Waals surface area contributed by atoms with Gasteiger partial charge in [-0.3, -0.25) is 9.48 Å². The van der Waals surface area contributed by atoms with Gasteiger partial charge >= 0.3 is 0 Å². The molecule has 0 radical (unpaired) electrons. The van der Waals surface area contributed by atoms with Gasteiger partial charge in [-0.25, -0.2) is 4.98 Å². The molecule has 1 N–H and O–H groups in total. The molecular formula is C25H30N4O3. The number of rotatable bonds is 5. The summed E-state index contributed by atoms with van der Waals surface area (Å²) in [5, 5.41) is 16.5. The van der Waals surface area contributed by atoms with E-state index in [9.17, 15) is 14.7 Å². The van der Waals surface area contributed by atoms with Gasteiger partial charge in [0.1, 0.15) is 12.0 Å². The van der Waals surface area contributed by atoms with Crippen molar-refractivity contribution < 1.29 is 14.7 Å². The Labute approximate surface area is 188 Å². The maximum Gasteiger partial charge on any atom is 0.276 e. The fourth-order valence-corrected chi connectivity index (χ4v) is 4.48. The summed E-state index contributed by atoms with van der Waals surface area (Å²) in [5.41, 5.74) is 2.00. The van der Waals surface area contributed by atoms with Crippen LogP contribution in [0.3, 0.4) is 0 Å². The highest BCUT2D eigenvalue weighted by Crippen LogP contribution is 2.36. The van der Waals surface area contributed by atoms with Crippen LogP contribution in [0.4, 0.5) is 5.69 Å². The van der Waals surface area contributed by atoms with Crippen molar-refractivity contribution in [2.24, 2.45) is 5.92 Å². The summed E-state index contributed by atoms with van der Waals surface area (Å²) >= 11 is 0. The van der Waals surface area contributed by atoms with Crippen LogP contribution in [-0.2, 0) is 10.4 Å². The second-order valence-electron chi connectivity index (χ2n) is 9.33. The predicted molar refractivity (Wildman–Crippen MR) is 124 cm³/mol. The van der Waals surface area contributed by atoms with Gasteiger partial charge in [0.25, 0.3) is 5.91 Å². The third kappa shape index (κ3) is 4.30. The quantitative estimate of drug-likeness (QED) is 0.609. The topological polar surface area (TPSA) is 88.3 Å². The average molecular weight is 435 g/mol. The number of carbonyl (C=O) groups excluding carboxylic acids is 2. The number of amides is 1. The number of nitrogens with zero attached hydrogens (tertiary/aromatic N) is 4. The van der Waals surface area contributed by atoms with Gasteiger partial charge in [0.2, 0.25) is 0 Å². The number of aromatic nitrogens is 3. The molecule has 1 amide bonds. The second-order valence-corrected chi connectivity index (χ2v) is 9.33. The lowest BCUT2D eigenvalue weighted by atomic mass is 9.87. The summed E-state index contributed by atoms with van der Waals surface area (Å²) in [4.78, 5) is 30.1. The first-order chi connectivity index (χ1) is 15.2. The molecule has 0 bridgehead atoms. The molecule has 0 unspecified atom stereocenters. The van der Waals surface area contributed by atoms with Crippen molar-refractivity contribution in [2.45, 2.75) is 58.1 Å². The summed E-state index contributed by atoms with van der Waals surface area (Å²) in [5.74, 6) is -0.0855. The number of aldehydes is 1. The Hall–Kier alpha value is -3.06. The van der Waals surface area contributed by atoms with E-state index in [-0.39, 0.29) is 17.9 Å². The van der Waals surface area contributed by atoms with E-state index in [1.54, 1.807) is 31.9 Å². The van der Waals surface area contributed by atoms with Crippen LogP contribution in [0.25, 0.3) is 10.9 Å². The van der Waals surface area contributed by atoms with Crippen LogP contribution in [0.1, 0.15) is 67.3 Å². The highest BCUT2D eigenvalue weighted by atomic mass is 16.3. The third-order valence-electron chi connectivity index (χ3n) is 6.38. The van der Waals surface area contributed by atoms with Crippen LogP contribution in [0, 0.1) is 12.8 Å². The number of carbonyl (C=O) groups is 2. The van der Waals surface area contributed by atoms with Crippen LogP contribution in [0.15, 0.2) is 36.5 Å². The fourth-order valence-electron chi connectivity index (χ4n) is 4.48. The lowest BCUT2D eigenvalue weighted by Crippen LogP contribution is -2.30. The molecule has 2 aromatic heterocycles. The molecule has 32 heavy (non-hydrogen) atoms. The first-order valence-corrected chi connectivity index (χ1v) is 11.1. The Bertz CT molecular complexity index is 1150. The van der Waals surface area contributed by atoms with E-state index in [0.29, 0.717) is 16.9 Å². The maximum atomic E-state index is 13.2. The summed E-state index contributed by atoms with van der Waals surface area (Å²) in [6.07, 6.45) is 6.66. The summed E-state index contributed by atoms with van der Waals surface area (Å²) in [6, 6.07) is 9.39. The maximum absolute atomic E-state index is 13.2. The zero-order chi connectivity index (χ0) is 23.0. The van der Waals surface area contributed by atoms with Gasteiger partial charge in [0.05, 0.1) is 22.8 Å². The normalized spacial score (nSPS) is 19.2. The summed E-state index contributed by atoms with van der Waals surface area (Å²) in [6.45, 7) is 5.26. The Morgan fingerprint density at radius 3 is 2.56 bits per heavy atom. The van der Waals surface area contributed by atoms with E-state index in [4.69, 9.17) is 5.10 Å². The first kappa shape index (κ1) is 22.1. The highest BCUT2D eigenvalue weighted by molar-refractivity contribution is 6.06. The van der Waals surface area contributed by atoms with Crippen LogP contribution in [-0.4, -0.2) is 39.1 Å². The molecule has 168 valence electrons. The van der Waals surface area contributed by atoms with E-state index in [1.807, 2.05) is 42.1 Å². The van der Waals surface area contributed by atoms with E-state index < -0.39 is 5.60 Å². The van der Waals surface area contributed by atoms with Gasteiger partial charge < -0.3 is 14.8 Å². The van der Waals surface area contributed by atoms with Gasteiger partial charge in [-0.1, -0.05) is 6.07 Å². The van der Waals surface area contributed by atoms with Gasteiger partial charge in [0.15, 0.2) is 0 Å². The van der Waals surface area contributed by atoms with Gasteiger partial charge in [0, 0.05) is 35.8 Å². The van der Waals surface area contributed by atoms with Crippen molar-refractivity contribution in [2.75, 3.05) is 11.9 Å². The summed E-state index contributed by atoms with van der Waals surface area (Å²) in [7, 11) is 1.70. The number of hydrogen-bond donors (Lipinski definition) is 1. The summed E-state index contributed by atoms with van der Waals surface area (Å²) < 4.78 is 1.98. The van der Waals surface area contributed by atoms with E-state index in [2.05, 4.69) is 4.98 Å². The van der Waals surface area contributed by atoms with Crippen molar-refractivity contribution in [1.82, 2.24) is 14.8 Å². The van der Waals surface area contributed by atoms with Gasteiger partial charge in [-0.05, 0) is 70.7 Å². The van der Waals surface area contributed by atoms with E-state index >= 15 is 0 Å². The van der Waals surface area contributed by atoms with Crippen molar-refractivity contribution in [1.29, 1.82) is 0 Å². The Morgan fingerprint density at radius 2 is 1.94 bits per heavy atom. The Kier molecular flexibility index (Phi) is 5.86. The molecule has 0 atom stereocenters. The number of aryl methyl sites for hydroxylation is 1. The van der Waals surface area contributed by atoms with E-state index in [0.717, 1.165) is 48.6 Å². The lowest BCUT2D eigenvalue weighted by molar-refractivity contribution is -0.112. The number of fused-ring (bicyclic) bond motifs is 1. The molecule has 0 saturated heterocycles. The molecule has 1 aliphatic carbocycles. The molecule has 3 aromatic rings. The highest BCUT2D eigenvalue weighted by Gasteiger charge is 2.28. The molecule has 7 heteroatoms. The fraction of sp³-hybridized carbons (Fsp3) is 0.440. The molecule has 0 aliphatic heterocycles. The number of hydrogen-bond acceptors (Lipinski definition) is 5. The van der Waals surface area contributed by atoms with Crippen LogP contribution < -0.4 is 4.90 Å². The Morgan fingerprint density at radius 1 is 1.22 bits per heavy atom. The third-order valence-corrected chi connectivity index (χ3v) is 6.38. The van der Waals surface area contributed by atoms with Crippen molar-refractivity contribution in [3.8, 4) is 0 Å². The minimum absolute atomic E-state index is 0.152. The number of anilines is 1. The first-order valence-electron chi connectivity index (χ1n) is 11.1. The Balaban J connectivity index is 1.72. The van der Waals surface area contributed by atoms with Gasteiger partial charge in [-0.2, -0.15) is 5.10 Å². The minimum Gasteiger partial charge on any atom is -0.386 e. The zero-order valence-corrected chi connectivity index (χ0v) is 19.1. The molecular weight excluding hydrogens is 404 g/mol. The predicted octanol–water partition coefficient (Wildman–Crippen LogP) is 4.17.